The molecular weight excluding hydrogens is 326 g/mol. The van der Waals surface area contributed by atoms with Crippen molar-refractivity contribution in [3.63, 3.8) is 0 Å². The van der Waals surface area contributed by atoms with Gasteiger partial charge < -0.3 is 4.57 Å². The fraction of sp³-hybridized carbons (Fsp3) is 0.250. The van der Waals surface area contributed by atoms with E-state index in [2.05, 4.69) is 14.8 Å². The lowest BCUT2D eigenvalue weighted by Gasteiger charge is -2.04. The van der Waals surface area contributed by atoms with Crippen molar-refractivity contribution in [2.24, 2.45) is 7.05 Å². The second-order valence-corrected chi connectivity index (χ2v) is 7.93. The number of aryl methyl sites for hydroxylation is 2. The molecule has 0 saturated heterocycles. The molecule has 3 rings (SSSR count). The van der Waals surface area contributed by atoms with Crippen molar-refractivity contribution in [3.8, 4) is 0 Å². The van der Waals surface area contributed by atoms with E-state index in [-0.39, 0.29) is 16.3 Å². The molecule has 0 bridgehead atoms. The number of hydrogen-bond acceptors (Lipinski definition) is 6. The van der Waals surface area contributed by atoms with Gasteiger partial charge >= 0.3 is 0 Å². The van der Waals surface area contributed by atoms with Crippen molar-refractivity contribution >= 4 is 26.9 Å². The number of sulfonamides is 1. The zero-order valence-corrected chi connectivity index (χ0v) is 13.5. The monoisotopic (exact) mass is 339 g/mol. The smallest absolute Gasteiger partial charge is 0.276 e. The number of aromatic nitrogens is 4. The standard InChI is InChI=1S/C12H13N5O3S2/c1-8-13-7-10(21-8)22(19,20)15-6-9-5-14-17-4-3-16(2)12(18)11(9)17/h3-5,7,15H,6H2,1-2H3. The maximum atomic E-state index is 12.2. The summed E-state index contributed by atoms with van der Waals surface area (Å²) in [7, 11) is -2.02. The highest BCUT2D eigenvalue weighted by Gasteiger charge is 2.18. The van der Waals surface area contributed by atoms with Crippen molar-refractivity contribution < 1.29 is 8.42 Å². The van der Waals surface area contributed by atoms with Crippen LogP contribution in [0.25, 0.3) is 5.52 Å². The third-order valence-electron chi connectivity index (χ3n) is 3.14. The zero-order valence-electron chi connectivity index (χ0n) is 11.8. The minimum atomic E-state index is -3.65. The van der Waals surface area contributed by atoms with Crippen LogP contribution in [0.4, 0.5) is 0 Å². The Balaban J connectivity index is 1.92. The van der Waals surface area contributed by atoms with Crippen LogP contribution in [0.3, 0.4) is 0 Å². The van der Waals surface area contributed by atoms with E-state index in [1.807, 2.05) is 0 Å². The van der Waals surface area contributed by atoms with Crippen LogP contribution in [-0.2, 0) is 23.6 Å². The summed E-state index contributed by atoms with van der Waals surface area (Å²) in [6.07, 6.45) is 6.03. The lowest BCUT2D eigenvalue weighted by molar-refractivity contribution is 0.583. The van der Waals surface area contributed by atoms with E-state index in [0.717, 1.165) is 11.3 Å². The van der Waals surface area contributed by atoms with Crippen molar-refractivity contribution in [1.82, 2.24) is 23.9 Å². The highest BCUT2D eigenvalue weighted by molar-refractivity contribution is 7.91. The lowest BCUT2D eigenvalue weighted by atomic mass is 10.3. The molecule has 3 heterocycles. The van der Waals surface area contributed by atoms with Crippen molar-refractivity contribution in [2.75, 3.05) is 0 Å². The number of rotatable bonds is 4. The van der Waals surface area contributed by atoms with Crippen molar-refractivity contribution in [3.05, 3.63) is 45.7 Å². The van der Waals surface area contributed by atoms with Crippen LogP contribution in [0.5, 0.6) is 0 Å². The minimum absolute atomic E-state index is 0.0119. The minimum Gasteiger partial charge on any atom is -0.315 e. The van der Waals surface area contributed by atoms with Gasteiger partial charge in [0.1, 0.15) is 5.52 Å². The highest BCUT2D eigenvalue weighted by Crippen LogP contribution is 2.18. The first-order chi connectivity index (χ1) is 10.4. The topological polar surface area (TPSA) is 98.4 Å². The van der Waals surface area contributed by atoms with Crippen LogP contribution >= 0.6 is 11.3 Å². The van der Waals surface area contributed by atoms with Gasteiger partial charge in [-0.1, -0.05) is 0 Å². The second-order valence-electron chi connectivity index (χ2n) is 4.70. The summed E-state index contributed by atoms with van der Waals surface area (Å²) in [5.41, 5.74) is 0.641. The molecule has 0 aromatic carbocycles. The van der Waals surface area contributed by atoms with Crippen LogP contribution < -0.4 is 10.3 Å². The quantitative estimate of drug-likeness (QED) is 0.736. The van der Waals surface area contributed by atoms with E-state index in [9.17, 15) is 13.2 Å². The lowest BCUT2D eigenvalue weighted by Crippen LogP contribution is -2.24. The van der Waals surface area contributed by atoms with Gasteiger partial charge in [0.2, 0.25) is 0 Å². The van der Waals surface area contributed by atoms with Gasteiger partial charge in [0, 0.05) is 31.5 Å². The fourth-order valence-corrected chi connectivity index (χ4v) is 4.14. The first-order valence-electron chi connectivity index (χ1n) is 6.32. The second kappa shape index (κ2) is 5.30. The predicted octanol–water partition coefficient (Wildman–Crippen LogP) is 0.276. The molecule has 0 aliphatic carbocycles. The molecule has 8 nitrogen and oxygen atoms in total. The van der Waals surface area contributed by atoms with Gasteiger partial charge in [0.15, 0.2) is 4.21 Å². The SMILES string of the molecule is Cc1ncc(S(=O)(=O)NCc2cnn3ccn(C)c(=O)c23)s1. The Bertz CT molecular complexity index is 999. The highest BCUT2D eigenvalue weighted by atomic mass is 32.2. The molecule has 0 atom stereocenters. The van der Waals surface area contributed by atoms with Gasteiger partial charge in [-0.05, 0) is 6.92 Å². The summed E-state index contributed by atoms with van der Waals surface area (Å²) in [6, 6.07) is 0. The summed E-state index contributed by atoms with van der Waals surface area (Å²) in [6.45, 7) is 1.72. The molecular formula is C12H13N5O3S2. The van der Waals surface area contributed by atoms with Gasteiger partial charge in [-0.15, -0.1) is 11.3 Å². The Morgan fingerprint density at radius 1 is 1.32 bits per heavy atom. The van der Waals surface area contributed by atoms with E-state index in [1.165, 1.54) is 21.5 Å². The fourth-order valence-electron chi connectivity index (χ4n) is 1.98. The van der Waals surface area contributed by atoms with E-state index < -0.39 is 10.0 Å². The van der Waals surface area contributed by atoms with E-state index in [4.69, 9.17) is 0 Å². The van der Waals surface area contributed by atoms with Crippen LogP contribution in [0.2, 0.25) is 0 Å². The molecule has 0 amide bonds. The molecule has 10 heteroatoms. The largest absolute Gasteiger partial charge is 0.315 e. The average Bonchev–Trinajstić information content (AvgIpc) is 3.08. The number of nitrogens with zero attached hydrogens (tertiary/aromatic N) is 4. The number of hydrogen-bond donors (Lipinski definition) is 1. The Hall–Kier alpha value is -2.04. The first-order valence-corrected chi connectivity index (χ1v) is 8.62. The maximum Gasteiger partial charge on any atom is 0.276 e. The van der Waals surface area contributed by atoms with Gasteiger partial charge in [-0.3, -0.25) is 4.79 Å². The zero-order chi connectivity index (χ0) is 15.9. The van der Waals surface area contributed by atoms with Gasteiger partial charge in [-0.2, -0.15) is 5.10 Å². The van der Waals surface area contributed by atoms with Crippen molar-refractivity contribution in [1.29, 1.82) is 0 Å². The molecule has 1 N–H and O–H groups in total. The molecule has 0 aliphatic heterocycles. The molecule has 0 unspecified atom stereocenters. The molecule has 0 radical (unpaired) electrons. The molecule has 0 aliphatic rings. The summed E-state index contributed by atoms with van der Waals surface area (Å²) in [5, 5.41) is 4.73. The van der Waals surface area contributed by atoms with Crippen LogP contribution in [0.1, 0.15) is 10.6 Å². The third kappa shape index (κ3) is 2.56. The Kier molecular flexibility index (Phi) is 3.59. The van der Waals surface area contributed by atoms with E-state index in [0.29, 0.717) is 16.1 Å². The molecule has 0 saturated carbocycles. The van der Waals surface area contributed by atoms with E-state index >= 15 is 0 Å². The number of fused-ring (bicyclic) bond motifs is 1. The molecule has 116 valence electrons. The molecule has 3 aromatic rings. The normalized spacial score (nSPS) is 12.1. The van der Waals surface area contributed by atoms with Crippen molar-refractivity contribution in [2.45, 2.75) is 17.7 Å². The van der Waals surface area contributed by atoms with Crippen LogP contribution in [-0.4, -0.2) is 27.6 Å². The maximum absolute atomic E-state index is 12.2. The van der Waals surface area contributed by atoms with Crippen LogP contribution in [0.15, 0.2) is 33.8 Å². The van der Waals surface area contributed by atoms with Gasteiger partial charge in [0.25, 0.3) is 15.6 Å². The van der Waals surface area contributed by atoms with Gasteiger partial charge in [-0.25, -0.2) is 22.6 Å². The molecule has 22 heavy (non-hydrogen) atoms. The number of nitrogens with one attached hydrogen (secondary N) is 1. The predicted molar refractivity (Wildman–Crippen MR) is 81.3 cm³/mol. The molecule has 0 fully saturated rings. The summed E-state index contributed by atoms with van der Waals surface area (Å²) < 4.78 is 29.8. The third-order valence-corrected chi connectivity index (χ3v) is 5.92. The summed E-state index contributed by atoms with van der Waals surface area (Å²) in [4.78, 5) is 16.1. The Morgan fingerprint density at radius 3 is 2.77 bits per heavy atom. The average molecular weight is 339 g/mol. The van der Waals surface area contributed by atoms with Crippen LogP contribution in [0, 0.1) is 6.92 Å². The molecule has 3 aromatic heterocycles. The molecule has 0 spiro atoms. The summed E-state index contributed by atoms with van der Waals surface area (Å²) >= 11 is 1.09. The first kappa shape index (κ1) is 14.9. The Morgan fingerprint density at radius 2 is 2.09 bits per heavy atom. The van der Waals surface area contributed by atoms with E-state index in [1.54, 1.807) is 26.4 Å². The van der Waals surface area contributed by atoms with Gasteiger partial charge in [0.05, 0.1) is 17.4 Å². The summed E-state index contributed by atoms with van der Waals surface area (Å²) in [5.74, 6) is 0. The number of thiazole rings is 1. The Labute approximate surface area is 130 Å².